The summed E-state index contributed by atoms with van der Waals surface area (Å²) in [6.07, 6.45) is 86.8. The number of rotatable bonds is 71. The zero-order chi connectivity index (χ0) is 64.2. The first-order chi connectivity index (χ1) is 42.9. The molecule has 0 aliphatic rings. The highest BCUT2D eigenvalue weighted by Crippen LogP contribution is 2.38. The average molecular weight is 1260 g/mol. The summed E-state index contributed by atoms with van der Waals surface area (Å²) in [5.74, 6) is -0.520. The van der Waals surface area contributed by atoms with E-state index in [0.29, 0.717) is 17.4 Å². The summed E-state index contributed by atoms with van der Waals surface area (Å²) in [5, 5.41) is 3.06. The maximum absolute atomic E-state index is 13.6. The standard InChI is InChI=1S/C78H149N2O7P/c1-7-10-13-16-19-22-25-28-30-32-34-36-38-39-40-41-43-44-46-48-50-52-55-58-61-64-67-70-77(81)79-75(74-86-88(83,84)85-73-72-80(4,5)6)76(69-66-63-60-57-54-27-24-21-18-15-12-9-3)87-78(82)71-68-65-62-59-56-53-51-49-47-45-42-37-35-33-31-29-26-23-20-17-14-11-8-2/h19,22,28,30,34,36,66,69,75-76H,7-18,20-21,23-27,29,31-33,35,37-65,67-68,70-74H2,1-6H3,(H-,79,81,83,84)/b22-19-,30-28-,36-34-,69-66+. The monoisotopic (exact) mass is 1260 g/mol. The first kappa shape index (κ1) is 86.0. The Morgan fingerprint density at radius 2 is 0.693 bits per heavy atom. The van der Waals surface area contributed by atoms with Gasteiger partial charge in [-0.05, 0) is 70.3 Å². The van der Waals surface area contributed by atoms with Crippen molar-refractivity contribution in [3.63, 3.8) is 0 Å². The second-order valence-corrected chi connectivity index (χ2v) is 28.9. The highest BCUT2D eigenvalue weighted by molar-refractivity contribution is 7.45. The molecule has 10 heteroatoms. The molecule has 0 fully saturated rings. The van der Waals surface area contributed by atoms with Crippen LogP contribution < -0.4 is 10.2 Å². The zero-order valence-electron chi connectivity index (χ0n) is 59.5. The van der Waals surface area contributed by atoms with E-state index in [1.807, 2.05) is 33.3 Å². The van der Waals surface area contributed by atoms with Crippen LogP contribution in [-0.2, 0) is 27.9 Å². The van der Waals surface area contributed by atoms with E-state index >= 15 is 0 Å². The van der Waals surface area contributed by atoms with E-state index < -0.39 is 20.0 Å². The fraction of sp³-hybridized carbons (Fsp3) is 0.872. The number of hydrogen-bond donors (Lipinski definition) is 1. The molecule has 9 nitrogen and oxygen atoms in total. The molecule has 0 saturated heterocycles. The lowest BCUT2D eigenvalue weighted by atomic mass is 10.0. The predicted octanol–water partition coefficient (Wildman–Crippen LogP) is 24.1. The van der Waals surface area contributed by atoms with Gasteiger partial charge in [0.1, 0.15) is 19.3 Å². The number of likely N-dealkylation sites (N-methyl/N-ethyl adjacent to an activating group) is 1. The molecular formula is C78H149N2O7P. The van der Waals surface area contributed by atoms with Crippen molar-refractivity contribution in [2.24, 2.45) is 0 Å². The summed E-state index contributed by atoms with van der Waals surface area (Å²) >= 11 is 0. The Hall–Kier alpha value is -2.03. The number of amides is 1. The summed E-state index contributed by atoms with van der Waals surface area (Å²) in [6, 6.07) is -0.887. The highest BCUT2D eigenvalue weighted by atomic mass is 31.2. The molecule has 3 atom stereocenters. The molecule has 0 aromatic carbocycles. The molecule has 0 aliphatic heterocycles. The fourth-order valence-electron chi connectivity index (χ4n) is 11.6. The summed E-state index contributed by atoms with van der Waals surface area (Å²) < 4.78 is 30.5. The van der Waals surface area contributed by atoms with Crippen molar-refractivity contribution < 1.29 is 37.3 Å². The molecule has 0 rings (SSSR count). The Morgan fingerprint density at radius 1 is 0.398 bits per heavy atom. The minimum Gasteiger partial charge on any atom is -0.756 e. The Labute approximate surface area is 548 Å². The SMILES string of the molecule is CCCCC/C=C\C/C=C\C/C=C\CCCCCCCCCCCCCCCCC(=O)NC(COP(=O)([O-])OCC[N+](C)(C)C)C(/C=C/CCCCCCCCCCCC)OC(=O)CCCCCCCCCCCCCCCCCCCCCCCCC. The van der Waals surface area contributed by atoms with Crippen LogP contribution in [0.4, 0.5) is 0 Å². The number of carbonyl (C=O) groups excluding carboxylic acids is 2. The van der Waals surface area contributed by atoms with Gasteiger partial charge in [-0.3, -0.25) is 14.2 Å². The van der Waals surface area contributed by atoms with Crippen molar-refractivity contribution in [1.82, 2.24) is 5.32 Å². The van der Waals surface area contributed by atoms with Crippen LogP contribution in [0.15, 0.2) is 48.6 Å². The number of nitrogens with one attached hydrogen (secondary N) is 1. The Morgan fingerprint density at radius 3 is 1.06 bits per heavy atom. The van der Waals surface area contributed by atoms with E-state index in [2.05, 4.69) is 62.5 Å². The quantitative estimate of drug-likeness (QED) is 0.0212. The van der Waals surface area contributed by atoms with Crippen LogP contribution in [0.1, 0.15) is 387 Å². The molecule has 0 heterocycles. The molecule has 0 aromatic rings. The lowest BCUT2D eigenvalue weighted by Gasteiger charge is -2.30. The maximum atomic E-state index is 13.6. The number of allylic oxidation sites excluding steroid dienone is 7. The smallest absolute Gasteiger partial charge is 0.306 e. The van der Waals surface area contributed by atoms with Crippen LogP contribution in [0.5, 0.6) is 0 Å². The van der Waals surface area contributed by atoms with E-state index in [-0.39, 0.29) is 31.5 Å². The van der Waals surface area contributed by atoms with E-state index in [4.69, 9.17) is 13.8 Å². The van der Waals surface area contributed by atoms with E-state index in [1.54, 1.807) is 0 Å². The van der Waals surface area contributed by atoms with Crippen molar-refractivity contribution in [3.05, 3.63) is 48.6 Å². The first-order valence-electron chi connectivity index (χ1n) is 38.4. The van der Waals surface area contributed by atoms with Gasteiger partial charge in [-0.1, -0.05) is 352 Å². The first-order valence-corrected chi connectivity index (χ1v) is 39.9. The molecule has 518 valence electrons. The van der Waals surface area contributed by atoms with Crippen LogP contribution in [0.3, 0.4) is 0 Å². The third-order valence-corrected chi connectivity index (χ3v) is 18.5. The maximum Gasteiger partial charge on any atom is 0.306 e. The molecule has 0 bridgehead atoms. The molecule has 0 spiro atoms. The van der Waals surface area contributed by atoms with E-state index in [0.717, 1.165) is 70.6 Å². The van der Waals surface area contributed by atoms with Crippen molar-refractivity contribution >= 4 is 19.7 Å². The molecule has 0 saturated carbocycles. The number of phosphoric acid groups is 1. The van der Waals surface area contributed by atoms with Gasteiger partial charge in [0.05, 0.1) is 33.8 Å². The lowest BCUT2D eigenvalue weighted by Crippen LogP contribution is -2.47. The zero-order valence-corrected chi connectivity index (χ0v) is 60.3. The second-order valence-electron chi connectivity index (χ2n) is 27.5. The van der Waals surface area contributed by atoms with Crippen LogP contribution in [0.25, 0.3) is 0 Å². The van der Waals surface area contributed by atoms with Gasteiger partial charge < -0.3 is 28.5 Å². The largest absolute Gasteiger partial charge is 0.756 e. The van der Waals surface area contributed by atoms with Crippen molar-refractivity contribution in [3.8, 4) is 0 Å². The highest BCUT2D eigenvalue weighted by Gasteiger charge is 2.27. The third-order valence-electron chi connectivity index (χ3n) is 17.5. The van der Waals surface area contributed by atoms with Crippen LogP contribution in [0.2, 0.25) is 0 Å². The number of unbranched alkanes of at least 4 members (excludes halogenated alkanes) is 49. The van der Waals surface area contributed by atoms with Gasteiger partial charge in [-0.2, -0.15) is 0 Å². The van der Waals surface area contributed by atoms with Gasteiger partial charge in [0.2, 0.25) is 5.91 Å². The summed E-state index contributed by atoms with van der Waals surface area (Å²) in [7, 11) is 1.20. The topological polar surface area (TPSA) is 114 Å². The minimum atomic E-state index is -4.70. The van der Waals surface area contributed by atoms with Gasteiger partial charge in [0, 0.05) is 12.8 Å². The fourth-order valence-corrected chi connectivity index (χ4v) is 12.3. The molecule has 3 unspecified atom stereocenters. The van der Waals surface area contributed by atoms with Gasteiger partial charge in [-0.15, -0.1) is 0 Å². The van der Waals surface area contributed by atoms with Crippen LogP contribution >= 0.6 is 7.82 Å². The Kier molecular flexibility index (Phi) is 66.3. The summed E-state index contributed by atoms with van der Waals surface area (Å²) in [5.41, 5.74) is 0. The number of ether oxygens (including phenoxy) is 1. The number of quaternary nitrogens is 1. The van der Waals surface area contributed by atoms with Crippen molar-refractivity contribution in [1.29, 1.82) is 0 Å². The molecular weight excluding hydrogens is 1110 g/mol. The van der Waals surface area contributed by atoms with E-state index in [9.17, 15) is 19.0 Å². The summed E-state index contributed by atoms with van der Waals surface area (Å²) in [4.78, 5) is 40.3. The van der Waals surface area contributed by atoms with Crippen molar-refractivity contribution in [2.75, 3.05) is 40.9 Å². The molecule has 0 aliphatic carbocycles. The Bertz CT molecular complexity index is 1640. The van der Waals surface area contributed by atoms with Gasteiger partial charge >= 0.3 is 5.97 Å². The van der Waals surface area contributed by atoms with E-state index in [1.165, 1.54) is 283 Å². The third kappa shape index (κ3) is 68.3. The number of phosphoric ester groups is 1. The minimum absolute atomic E-state index is 0.0200. The van der Waals surface area contributed by atoms with Crippen LogP contribution in [-0.4, -0.2) is 69.4 Å². The number of esters is 1. The van der Waals surface area contributed by atoms with Gasteiger partial charge in [0.15, 0.2) is 0 Å². The number of carbonyl (C=O) groups is 2. The lowest BCUT2D eigenvalue weighted by molar-refractivity contribution is -0.870. The number of nitrogens with zero attached hydrogens (tertiary/aromatic N) is 1. The number of hydrogen-bond acceptors (Lipinski definition) is 7. The predicted molar refractivity (Wildman–Crippen MR) is 381 cm³/mol. The molecule has 0 aromatic heterocycles. The van der Waals surface area contributed by atoms with Crippen molar-refractivity contribution in [2.45, 2.75) is 399 Å². The normalized spacial score (nSPS) is 13.7. The Balaban J connectivity index is 4.94. The average Bonchev–Trinajstić information content (AvgIpc) is 3.66. The van der Waals surface area contributed by atoms with Gasteiger partial charge in [0.25, 0.3) is 7.82 Å². The molecule has 1 N–H and O–H groups in total. The molecule has 1 amide bonds. The summed E-state index contributed by atoms with van der Waals surface area (Å²) in [6.45, 7) is 6.88. The molecule has 88 heavy (non-hydrogen) atoms. The second kappa shape index (κ2) is 67.8. The van der Waals surface area contributed by atoms with Crippen LogP contribution in [0, 0.1) is 0 Å². The van der Waals surface area contributed by atoms with Gasteiger partial charge in [-0.25, -0.2) is 0 Å². The molecule has 0 radical (unpaired) electrons.